The Kier molecular flexibility index (Phi) is 9.47. The van der Waals surface area contributed by atoms with Crippen LogP contribution in [0.5, 0.6) is 0 Å². The summed E-state index contributed by atoms with van der Waals surface area (Å²) in [5, 5.41) is 3.07. The molecule has 0 saturated heterocycles. The van der Waals surface area contributed by atoms with Gasteiger partial charge < -0.3 is 0 Å². The van der Waals surface area contributed by atoms with E-state index in [1.807, 2.05) is 0 Å². The first-order valence-corrected chi connectivity index (χ1v) is 7.65. The third-order valence-electron chi connectivity index (χ3n) is 3.12. The molecule has 0 aliphatic carbocycles. The molecule has 0 rings (SSSR count). The van der Waals surface area contributed by atoms with Gasteiger partial charge in [-0.1, -0.05) is 53.4 Å². The van der Waals surface area contributed by atoms with Crippen LogP contribution in [0.15, 0.2) is 0 Å². The fourth-order valence-corrected chi connectivity index (χ4v) is 3.26. The van der Waals surface area contributed by atoms with Crippen LogP contribution in [-0.2, 0) is 0 Å². The summed E-state index contributed by atoms with van der Waals surface area (Å²) >= 11 is 0.765. The predicted molar refractivity (Wildman–Crippen MR) is 63.5 cm³/mol. The molecular formula is C12H26Al. The van der Waals surface area contributed by atoms with Gasteiger partial charge in [0.2, 0.25) is 0 Å². The van der Waals surface area contributed by atoms with E-state index in [2.05, 4.69) is 27.7 Å². The van der Waals surface area contributed by atoms with Gasteiger partial charge in [0, 0.05) is 0 Å². The first-order valence-electron chi connectivity index (χ1n) is 6.02. The Balaban J connectivity index is 3.08. The van der Waals surface area contributed by atoms with Gasteiger partial charge in [0.25, 0.3) is 0 Å². The second-order valence-electron chi connectivity index (χ2n) is 4.47. The molecule has 0 nitrogen and oxygen atoms in total. The van der Waals surface area contributed by atoms with E-state index in [4.69, 9.17) is 0 Å². The van der Waals surface area contributed by atoms with Gasteiger partial charge in [-0.15, -0.1) is 10.6 Å². The average Bonchev–Trinajstić information content (AvgIpc) is 2.16. The van der Waals surface area contributed by atoms with Crippen LogP contribution >= 0.6 is 0 Å². The lowest BCUT2D eigenvalue weighted by atomic mass is 10.1. The molecule has 0 aliphatic heterocycles. The minimum absolute atomic E-state index is 0.765. The lowest BCUT2D eigenvalue weighted by Gasteiger charge is -2.08. The molecule has 0 heterocycles. The lowest BCUT2D eigenvalue weighted by Crippen LogP contribution is -1.99. The summed E-state index contributed by atoms with van der Waals surface area (Å²) in [4.78, 5) is 0. The van der Waals surface area contributed by atoms with E-state index in [1.54, 1.807) is 0 Å². The van der Waals surface area contributed by atoms with Gasteiger partial charge in [0.1, 0.15) is 0 Å². The zero-order valence-corrected chi connectivity index (χ0v) is 11.1. The van der Waals surface area contributed by atoms with Crippen molar-refractivity contribution in [3.05, 3.63) is 0 Å². The Morgan fingerprint density at radius 1 is 0.846 bits per heavy atom. The molecule has 0 amide bonds. The molecule has 0 fully saturated rings. The largest absolute Gasteiger partial charge is 0.199 e. The Hall–Kier alpha value is 0.532. The van der Waals surface area contributed by atoms with Crippen LogP contribution in [0.25, 0.3) is 0 Å². The van der Waals surface area contributed by atoms with Gasteiger partial charge in [-0.05, 0) is 11.8 Å². The van der Waals surface area contributed by atoms with Crippen LogP contribution in [0, 0.1) is 11.8 Å². The maximum atomic E-state index is 2.38. The van der Waals surface area contributed by atoms with Crippen molar-refractivity contribution in [1.82, 2.24) is 0 Å². The fourth-order valence-electron chi connectivity index (χ4n) is 1.36. The smallest absolute Gasteiger partial charge is 0.104 e. The van der Waals surface area contributed by atoms with Crippen molar-refractivity contribution < 1.29 is 0 Å². The molecule has 1 radical (unpaired) electrons. The number of hydrogen-bond donors (Lipinski definition) is 0. The standard InChI is InChI=1S/2C6H13.Al/c2*1-4-6(3)5-2;/h2*6H,1,4-5H2,2-3H3;. The molecule has 0 aliphatic rings. The van der Waals surface area contributed by atoms with Crippen molar-refractivity contribution in [2.45, 2.75) is 63.9 Å². The first-order chi connectivity index (χ1) is 6.20. The van der Waals surface area contributed by atoms with Crippen molar-refractivity contribution in [3.63, 3.8) is 0 Å². The molecular weight excluding hydrogens is 171 g/mol. The summed E-state index contributed by atoms with van der Waals surface area (Å²) in [6.45, 7) is 9.38. The predicted octanol–water partition coefficient (Wildman–Crippen LogP) is 4.40. The Morgan fingerprint density at radius 2 is 1.23 bits per heavy atom. The van der Waals surface area contributed by atoms with E-state index in [1.165, 1.54) is 36.2 Å². The van der Waals surface area contributed by atoms with E-state index in [0.29, 0.717) is 0 Å². The molecule has 2 atom stereocenters. The molecule has 1 heteroatoms. The Bertz CT molecular complexity index is 89.3. The molecule has 0 aromatic heterocycles. The second-order valence-corrected chi connectivity index (χ2v) is 6.20. The zero-order chi connectivity index (χ0) is 10.1. The molecule has 0 saturated carbocycles. The summed E-state index contributed by atoms with van der Waals surface area (Å²) < 4.78 is 0. The third kappa shape index (κ3) is 8.85. The van der Waals surface area contributed by atoms with Crippen molar-refractivity contribution in [2.24, 2.45) is 11.8 Å². The van der Waals surface area contributed by atoms with Crippen LogP contribution in [0.3, 0.4) is 0 Å². The average molecular weight is 197 g/mol. The van der Waals surface area contributed by atoms with Gasteiger partial charge in [-0.3, -0.25) is 0 Å². The lowest BCUT2D eigenvalue weighted by molar-refractivity contribution is 0.533. The molecule has 0 spiro atoms. The Labute approximate surface area is 91.2 Å². The van der Waals surface area contributed by atoms with E-state index in [0.717, 1.165) is 27.1 Å². The van der Waals surface area contributed by atoms with Crippen LogP contribution in [0.1, 0.15) is 53.4 Å². The van der Waals surface area contributed by atoms with Gasteiger partial charge in [0.05, 0.1) is 0 Å². The van der Waals surface area contributed by atoms with Crippen molar-refractivity contribution in [3.8, 4) is 0 Å². The van der Waals surface area contributed by atoms with Gasteiger partial charge in [0.15, 0.2) is 15.2 Å². The summed E-state index contributed by atoms with van der Waals surface area (Å²) in [7, 11) is 0. The van der Waals surface area contributed by atoms with Gasteiger partial charge in [-0.25, -0.2) is 0 Å². The van der Waals surface area contributed by atoms with E-state index in [9.17, 15) is 0 Å². The highest BCUT2D eigenvalue weighted by Gasteiger charge is 2.01. The van der Waals surface area contributed by atoms with E-state index >= 15 is 0 Å². The quantitative estimate of drug-likeness (QED) is 0.399. The number of hydrogen-bond acceptors (Lipinski definition) is 0. The summed E-state index contributed by atoms with van der Waals surface area (Å²) in [6.07, 6.45) is 5.69. The summed E-state index contributed by atoms with van der Waals surface area (Å²) in [5.41, 5.74) is 0. The van der Waals surface area contributed by atoms with E-state index in [-0.39, 0.29) is 0 Å². The molecule has 77 valence electrons. The second kappa shape index (κ2) is 9.10. The molecule has 0 aromatic rings. The highest BCUT2D eigenvalue weighted by Crippen LogP contribution is 2.13. The molecule has 0 bridgehead atoms. The molecule has 0 N–H and O–H groups in total. The van der Waals surface area contributed by atoms with Crippen LogP contribution in [0.2, 0.25) is 10.6 Å². The summed E-state index contributed by atoms with van der Waals surface area (Å²) in [5.74, 6) is 1.94. The number of rotatable bonds is 8. The normalized spacial score (nSPS) is 15.4. The SMILES string of the molecule is CCC(C)C[CH2][Al][CH2]CC(C)CC. The Morgan fingerprint density at radius 3 is 1.54 bits per heavy atom. The highest BCUT2D eigenvalue weighted by atomic mass is 27.1. The summed E-state index contributed by atoms with van der Waals surface area (Å²) in [6, 6.07) is 0. The van der Waals surface area contributed by atoms with Gasteiger partial charge >= 0.3 is 0 Å². The van der Waals surface area contributed by atoms with Crippen LogP contribution in [0.4, 0.5) is 0 Å². The highest BCUT2D eigenvalue weighted by molar-refractivity contribution is 6.35. The van der Waals surface area contributed by atoms with Crippen LogP contribution < -0.4 is 0 Å². The topological polar surface area (TPSA) is 0 Å². The maximum absolute atomic E-state index is 2.38. The van der Waals surface area contributed by atoms with Crippen molar-refractivity contribution >= 4 is 15.2 Å². The van der Waals surface area contributed by atoms with Crippen molar-refractivity contribution in [1.29, 1.82) is 0 Å². The maximum Gasteiger partial charge on any atom is 0.199 e. The minimum atomic E-state index is 0.765. The van der Waals surface area contributed by atoms with Crippen LogP contribution in [-0.4, -0.2) is 15.2 Å². The zero-order valence-electron chi connectivity index (χ0n) is 9.97. The van der Waals surface area contributed by atoms with E-state index < -0.39 is 0 Å². The molecule has 2 unspecified atom stereocenters. The minimum Gasteiger partial charge on any atom is -0.104 e. The molecule has 13 heavy (non-hydrogen) atoms. The van der Waals surface area contributed by atoms with Crippen molar-refractivity contribution in [2.75, 3.05) is 0 Å². The third-order valence-corrected chi connectivity index (χ3v) is 4.60. The first kappa shape index (κ1) is 13.5. The monoisotopic (exact) mass is 197 g/mol. The molecule has 0 aromatic carbocycles. The fraction of sp³-hybridized carbons (Fsp3) is 1.00. The van der Waals surface area contributed by atoms with Gasteiger partial charge in [-0.2, -0.15) is 0 Å².